The normalized spacial score (nSPS) is 19.3. The van der Waals surface area contributed by atoms with Crippen molar-refractivity contribution in [3.63, 3.8) is 0 Å². The van der Waals surface area contributed by atoms with E-state index in [0.717, 1.165) is 0 Å². The fraction of sp³-hybridized carbons (Fsp3) is 0.429. The molecule has 2 rings (SSSR count). The number of nitrogens with zero attached hydrogens (tertiary/aromatic N) is 1. The molecule has 1 heterocycles. The summed E-state index contributed by atoms with van der Waals surface area (Å²) in [5.74, 6) is 0.401. The molecule has 1 N–H and O–H groups in total. The van der Waals surface area contributed by atoms with Crippen molar-refractivity contribution in [3.05, 3.63) is 24.3 Å². The summed E-state index contributed by atoms with van der Waals surface area (Å²) in [6.45, 7) is 4.33. The molecule has 1 saturated heterocycles. The monoisotopic (exact) mass is 262 g/mol. The van der Waals surface area contributed by atoms with Crippen LogP contribution in [-0.2, 0) is 9.59 Å². The van der Waals surface area contributed by atoms with E-state index < -0.39 is 6.04 Å². The lowest BCUT2D eigenvalue weighted by molar-refractivity contribution is -0.131. The second-order valence-corrected chi connectivity index (χ2v) is 4.31. The third-order valence-corrected chi connectivity index (χ3v) is 3.11. The zero-order valence-electron chi connectivity index (χ0n) is 11.2. The number of nitrogens with one attached hydrogen (secondary N) is 1. The highest BCUT2D eigenvalue weighted by Crippen LogP contribution is 2.31. The van der Waals surface area contributed by atoms with Gasteiger partial charge in [-0.3, -0.25) is 14.5 Å². The molecule has 1 unspecified atom stereocenters. The number of carbonyl (C=O) groups is 2. The van der Waals surface area contributed by atoms with E-state index >= 15 is 0 Å². The first-order valence-electron chi connectivity index (χ1n) is 6.50. The molecular weight excluding hydrogens is 244 g/mol. The zero-order valence-corrected chi connectivity index (χ0v) is 11.2. The minimum atomic E-state index is -0.470. The van der Waals surface area contributed by atoms with Crippen molar-refractivity contribution in [2.75, 3.05) is 18.1 Å². The van der Waals surface area contributed by atoms with Crippen LogP contribution in [0, 0.1) is 0 Å². The van der Waals surface area contributed by atoms with Gasteiger partial charge in [0.1, 0.15) is 11.8 Å². The fourth-order valence-electron chi connectivity index (χ4n) is 2.26. The quantitative estimate of drug-likeness (QED) is 0.890. The highest BCUT2D eigenvalue weighted by atomic mass is 16.5. The van der Waals surface area contributed by atoms with Gasteiger partial charge in [-0.2, -0.15) is 0 Å². The molecular formula is C14H18N2O3. The summed E-state index contributed by atoms with van der Waals surface area (Å²) in [5.41, 5.74) is 0.663. The van der Waals surface area contributed by atoms with E-state index in [2.05, 4.69) is 5.32 Å². The second kappa shape index (κ2) is 5.73. The van der Waals surface area contributed by atoms with Crippen molar-refractivity contribution >= 4 is 17.5 Å². The van der Waals surface area contributed by atoms with Gasteiger partial charge in [-0.15, -0.1) is 0 Å². The molecule has 0 aliphatic carbocycles. The van der Waals surface area contributed by atoms with Gasteiger partial charge >= 0.3 is 0 Å². The number of anilines is 1. The summed E-state index contributed by atoms with van der Waals surface area (Å²) in [4.78, 5) is 25.5. The predicted octanol–water partition coefficient (Wildman–Crippen LogP) is 1.33. The summed E-state index contributed by atoms with van der Waals surface area (Å²) in [6, 6.07) is 6.84. The fourth-order valence-corrected chi connectivity index (χ4v) is 2.26. The molecule has 1 aromatic carbocycles. The maximum absolute atomic E-state index is 12.1. The van der Waals surface area contributed by atoms with E-state index in [4.69, 9.17) is 4.74 Å². The highest BCUT2D eigenvalue weighted by Gasteiger charge is 2.35. The lowest BCUT2D eigenvalue weighted by atomic mass is 10.1. The Balaban J connectivity index is 2.42. The predicted molar refractivity (Wildman–Crippen MR) is 72.2 cm³/mol. The molecule has 0 radical (unpaired) electrons. The molecule has 0 spiro atoms. The van der Waals surface area contributed by atoms with Crippen LogP contribution >= 0.6 is 0 Å². The Morgan fingerprint density at radius 2 is 2.05 bits per heavy atom. The SMILES string of the molecule is CCOc1ccccc1N1C(=O)CNC(=O)C1CC. The van der Waals surface area contributed by atoms with Gasteiger partial charge in [-0.05, 0) is 25.5 Å². The van der Waals surface area contributed by atoms with Crippen LogP contribution < -0.4 is 15.0 Å². The van der Waals surface area contributed by atoms with Gasteiger partial charge in [0.15, 0.2) is 0 Å². The van der Waals surface area contributed by atoms with Crippen LogP contribution in [0.25, 0.3) is 0 Å². The van der Waals surface area contributed by atoms with Crippen LogP contribution in [0.5, 0.6) is 5.75 Å². The standard InChI is InChI=1S/C14H18N2O3/c1-3-10-14(18)15-9-13(17)16(10)11-7-5-6-8-12(11)19-4-2/h5-8,10H,3-4,9H2,1-2H3,(H,15,18). The summed E-state index contributed by atoms with van der Waals surface area (Å²) >= 11 is 0. The number of ether oxygens (including phenoxy) is 1. The van der Waals surface area contributed by atoms with Gasteiger partial charge in [0.05, 0.1) is 18.8 Å². The molecule has 1 aromatic rings. The Morgan fingerprint density at radius 1 is 1.32 bits per heavy atom. The zero-order chi connectivity index (χ0) is 13.8. The minimum absolute atomic E-state index is 0.0375. The van der Waals surface area contributed by atoms with E-state index in [1.54, 1.807) is 4.90 Å². The van der Waals surface area contributed by atoms with Crippen molar-refractivity contribution < 1.29 is 14.3 Å². The number of amides is 2. The number of hydrogen-bond donors (Lipinski definition) is 1. The summed E-state index contributed by atoms with van der Waals surface area (Å²) in [7, 11) is 0. The molecule has 0 saturated carbocycles. The van der Waals surface area contributed by atoms with Crippen LogP contribution in [0.4, 0.5) is 5.69 Å². The number of rotatable bonds is 4. The third kappa shape index (κ3) is 2.54. The van der Waals surface area contributed by atoms with E-state index in [1.807, 2.05) is 38.1 Å². The Labute approximate surface area is 112 Å². The summed E-state index contributed by atoms with van der Waals surface area (Å²) < 4.78 is 5.54. The molecule has 1 aliphatic heterocycles. The first-order chi connectivity index (χ1) is 9.19. The Kier molecular flexibility index (Phi) is 4.04. The number of benzene rings is 1. The molecule has 102 valence electrons. The Morgan fingerprint density at radius 3 is 2.74 bits per heavy atom. The number of para-hydroxylation sites is 2. The maximum atomic E-state index is 12.1. The van der Waals surface area contributed by atoms with E-state index in [9.17, 15) is 9.59 Å². The van der Waals surface area contributed by atoms with Crippen LogP contribution in [-0.4, -0.2) is 31.0 Å². The van der Waals surface area contributed by atoms with E-state index in [-0.39, 0.29) is 18.4 Å². The van der Waals surface area contributed by atoms with Gasteiger partial charge in [0.2, 0.25) is 11.8 Å². The van der Waals surface area contributed by atoms with Crippen molar-refractivity contribution in [1.29, 1.82) is 0 Å². The smallest absolute Gasteiger partial charge is 0.247 e. The van der Waals surface area contributed by atoms with Crippen LogP contribution in [0.15, 0.2) is 24.3 Å². The average Bonchev–Trinajstić information content (AvgIpc) is 2.42. The molecule has 1 aliphatic rings. The molecule has 5 heteroatoms. The number of piperazine rings is 1. The number of carbonyl (C=O) groups excluding carboxylic acids is 2. The average molecular weight is 262 g/mol. The third-order valence-electron chi connectivity index (χ3n) is 3.11. The molecule has 5 nitrogen and oxygen atoms in total. The molecule has 2 amide bonds. The molecule has 0 aromatic heterocycles. The first kappa shape index (κ1) is 13.4. The number of hydrogen-bond acceptors (Lipinski definition) is 3. The second-order valence-electron chi connectivity index (χ2n) is 4.31. The van der Waals surface area contributed by atoms with Crippen molar-refractivity contribution in [1.82, 2.24) is 5.32 Å². The maximum Gasteiger partial charge on any atom is 0.247 e. The van der Waals surface area contributed by atoms with Gasteiger partial charge in [0, 0.05) is 0 Å². The van der Waals surface area contributed by atoms with Crippen molar-refractivity contribution in [3.8, 4) is 5.75 Å². The van der Waals surface area contributed by atoms with Gasteiger partial charge in [-0.1, -0.05) is 19.1 Å². The lowest BCUT2D eigenvalue weighted by Gasteiger charge is -2.35. The van der Waals surface area contributed by atoms with Crippen LogP contribution in [0.1, 0.15) is 20.3 Å². The largest absolute Gasteiger partial charge is 0.492 e. The summed E-state index contributed by atoms with van der Waals surface area (Å²) in [5, 5.41) is 2.61. The van der Waals surface area contributed by atoms with E-state index in [1.165, 1.54) is 0 Å². The minimum Gasteiger partial charge on any atom is -0.492 e. The topological polar surface area (TPSA) is 58.6 Å². The molecule has 1 fully saturated rings. The molecule has 1 atom stereocenters. The highest BCUT2D eigenvalue weighted by molar-refractivity contribution is 6.07. The van der Waals surface area contributed by atoms with Crippen LogP contribution in [0.2, 0.25) is 0 Å². The summed E-state index contributed by atoms with van der Waals surface area (Å²) in [6.07, 6.45) is 0.567. The first-order valence-corrected chi connectivity index (χ1v) is 6.50. The lowest BCUT2D eigenvalue weighted by Crippen LogP contribution is -2.58. The molecule has 0 bridgehead atoms. The van der Waals surface area contributed by atoms with Crippen molar-refractivity contribution in [2.24, 2.45) is 0 Å². The molecule has 19 heavy (non-hydrogen) atoms. The van der Waals surface area contributed by atoms with Gasteiger partial charge in [0.25, 0.3) is 0 Å². The van der Waals surface area contributed by atoms with E-state index in [0.29, 0.717) is 24.5 Å². The van der Waals surface area contributed by atoms with Gasteiger partial charge < -0.3 is 10.1 Å². The van der Waals surface area contributed by atoms with Crippen LogP contribution in [0.3, 0.4) is 0 Å². The Bertz CT molecular complexity index is 487. The van der Waals surface area contributed by atoms with Gasteiger partial charge in [-0.25, -0.2) is 0 Å². The van der Waals surface area contributed by atoms with Crippen molar-refractivity contribution in [2.45, 2.75) is 26.3 Å². The Hall–Kier alpha value is -2.04.